The highest BCUT2D eigenvalue weighted by atomic mass is 32.2. The highest BCUT2D eigenvalue weighted by Crippen LogP contribution is 2.24. The van der Waals surface area contributed by atoms with Gasteiger partial charge in [-0.25, -0.2) is 8.42 Å². The van der Waals surface area contributed by atoms with E-state index in [4.69, 9.17) is 4.74 Å². The highest BCUT2D eigenvalue weighted by Gasteiger charge is 2.28. The van der Waals surface area contributed by atoms with Gasteiger partial charge in [0.05, 0.1) is 11.4 Å². The quantitative estimate of drug-likeness (QED) is 0.682. The second kappa shape index (κ2) is 9.62. The van der Waals surface area contributed by atoms with Crippen LogP contribution in [0.3, 0.4) is 0 Å². The maximum Gasteiger partial charge on any atom is 0.251 e. The molecular weight excluding hydrogens is 400 g/mol. The molecule has 2 aromatic carbocycles. The van der Waals surface area contributed by atoms with E-state index in [0.717, 1.165) is 29.7 Å². The SMILES string of the molecule is Cc1cccc(OCCNC(=O)c2cccc(S(=O)(=O)N3CCC(C)CC3)c2)c1C. The zero-order valence-electron chi connectivity index (χ0n) is 17.8. The number of piperidine rings is 1. The molecule has 0 bridgehead atoms. The Bertz CT molecular complexity index is 996. The van der Waals surface area contributed by atoms with Crippen LogP contribution in [0.5, 0.6) is 5.75 Å². The van der Waals surface area contributed by atoms with Crippen LogP contribution < -0.4 is 10.1 Å². The van der Waals surface area contributed by atoms with E-state index in [1.807, 2.05) is 32.0 Å². The largest absolute Gasteiger partial charge is 0.491 e. The van der Waals surface area contributed by atoms with Gasteiger partial charge in [-0.3, -0.25) is 4.79 Å². The van der Waals surface area contributed by atoms with Crippen LogP contribution in [0.1, 0.15) is 41.3 Å². The molecule has 1 saturated heterocycles. The van der Waals surface area contributed by atoms with Crippen molar-refractivity contribution in [2.75, 3.05) is 26.2 Å². The van der Waals surface area contributed by atoms with Crippen LogP contribution in [0.15, 0.2) is 47.4 Å². The number of ether oxygens (including phenoxy) is 1. The fourth-order valence-corrected chi connectivity index (χ4v) is 5.00. The van der Waals surface area contributed by atoms with E-state index in [-0.39, 0.29) is 10.8 Å². The summed E-state index contributed by atoms with van der Waals surface area (Å²) in [6.45, 7) is 7.87. The van der Waals surface area contributed by atoms with E-state index in [1.165, 1.54) is 10.4 Å². The van der Waals surface area contributed by atoms with Gasteiger partial charge >= 0.3 is 0 Å². The first-order valence-corrected chi connectivity index (χ1v) is 11.8. The van der Waals surface area contributed by atoms with Crippen molar-refractivity contribution in [1.82, 2.24) is 9.62 Å². The molecule has 0 aliphatic carbocycles. The first-order valence-electron chi connectivity index (χ1n) is 10.4. The molecule has 0 spiro atoms. The fourth-order valence-electron chi connectivity index (χ4n) is 3.48. The monoisotopic (exact) mass is 430 g/mol. The number of rotatable bonds is 7. The number of nitrogens with zero attached hydrogens (tertiary/aromatic N) is 1. The zero-order chi connectivity index (χ0) is 21.7. The van der Waals surface area contributed by atoms with Gasteiger partial charge in [-0.05, 0) is 68.0 Å². The van der Waals surface area contributed by atoms with Crippen molar-refractivity contribution in [2.45, 2.75) is 38.5 Å². The van der Waals surface area contributed by atoms with Crippen LogP contribution in [-0.2, 0) is 10.0 Å². The Labute approximate surface area is 179 Å². The molecule has 1 amide bonds. The third-order valence-corrected chi connectivity index (χ3v) is 7.57. The predicted molar refractivity (Wildman–Crippen MR) is 117 cm³/mol. The number of hydrogen-bond acceptors (Lipinski definition) is 4. The Morgan fingerprint density at radius 1 is 1.13 bits per heavy atom. The number of aryl methyl sites for hydroxylation is 1. The van der Waals surface area contributed by atoms with Crippen LogP contribution in [0.4, 0.5) is 0 Å². The molecule has 3 rings (SSSR count). The average molecular weight is 431 g/mol. The lowest BCUT2D eigenvalue weighted by Crippen LogP contribution is -2.38. The van der Waals surface area contributed by atoms with Crippen molar-refractivity contribution in [3.8, 4) is 5.75 Å². The normalized spacial score (nSPS) is 15.7. The molecule has 1 aliphatic heterocycles. The maximum atomic E-state index is 12.9. The smallest absolute Gasteiger partial charge is 0.251 e. The Morgan fingerprint density at radius 3 is 2.57 bits per heavy atom. The van der Waals surface area contributed by atoms with Crippen LogP contribution >= 0.6 is 0 Å². The Kier molecular flexibility index (Phi) is 7.15. The molecule has 1 aliphatic rings. The minimum Gasteiger partial charge on any atom is -0.491 e. The van der Waals surface area contributed by atoms with Crippen molar-refractivity contribution in [3.05, 3.63) is 59.2 Å². The summed E-state index contributed by atoms with van der Waals surface area (Å²) < 4.78 is 33.1. The first kappa shape index (κ1) is 22.3. The third kappa shape index (κ3) is 5.21. The lowest BCUT2D eigenvalue weighted by atomic mass is 10.0. The summed E-state index contributed by atoms with van der Waals surface area (Å²) in [6.07, 6.45) is 1.72. The number of nitrogens with one attached hydrogen (secondary N) is 1. The molecule has 1 fully saturated rings. The van der Waals surface area contributed by atoms with Gasteiger partial charge < -0.3 is 10.1 Å². The van der Waals surface area contributed by atoms with Crippen molar-refractivity contribution in [1.29, 1.82) is 0 Å². The Morgan fingerprint density at radius 2 is 1.83 bits per heavy atom. The molecule has 0 saturated carbocycles. The van der Waals surface area contributed by atoms with E-state index in [0.29, 0.717) is 37.7 Å². The van der Waals surface area contributed by atoms with Gasteiger partial charge in [0, 0.05) is 18.7 Å². The molecule has 30 heavy (non-hydrogen) atoms. The van der Waals surface area contributed by atoms with Crippen LogP contribution in [0.25, 0.3) is 0 Å². The summed E-state index contributed by atoms with van der Waals surface area (Å²) in [5.41, 5.74) is 2.56. The zero-order valence-corrected chi connectivity index (χ0v) is 18.7. The fraction of sp³-hybridized carbons (Fsp3) is 0.435. The molecule has 1 heterocycles. The van der Waals surface area contributed by atoms with Gasteiger partial charge in [0.25, 0.3) is 5.91 Å². The molecule has 0 unspecified atom stereocenters. The van der Waals surface area contributed by atoms with Crippen molar-refractivity contribution in [3.63, 3.8) is 0 Å². The van der Waals surface area contributed by atoms with E-state index < -0.39 is 10.0 Å². The highest BCUT2D eigenvalue weighted by molar-refractivity contribution is 7.89. The predicted octanol–water partition coefficient (Wildman–Crippen LogP) is 3.53. The topological polar surface area (TPSA) is 75.7 Å². The summed E-state index contributed by atoms with van der Waals surface area (Å²) in [5.74, 6) is 1.02. The number of hydrogen-bond donors (Lipinski definition) is 1. The molecule has 0 aromatic heterocycles. The van der Waals surface area contributed by atoms with E-state index in [9.17, 15) is 13.2 Å². The molecular formula is C23H30N2O4S. The number of carbonyl (C=O) groups excluding carboxylic acids is 1. The maximum absolute atomic E-state index is 12.9. The lowest BCUT2D eigenvalue weighted by molar-refractivity contribution is 0.0946. The van der Waals surface area contributed by atoms with Crippen molar-refractivity contribution < 1.29 is 17.9 Å². The summed E-state index contributed by atoms with van der Waals surface area (Å²) >= 11 is 0. The number of benzene rings is 2. The summed E-state index contributed by atoms with van der Waals surface area (Å²) in [5, 5.41) is 2.79. The Hall–Kier alpha value is -2.38. The minimum atomic E-state index is -3.58. The third-order valence-electron chi connectivity index (χ3n) is 5.68. The van der Waals surface area contributed by atoms with Gasteiger partial charge in [-0.2, -0.15) is 4.31 Å². The second-order valence-electron chi connectivity index (χ2n) is 7.92. The molecule has 6 nitrogen and oxygen atoms in total. The summed E-state index contributed by atoms with van der Waals surface area (Å²) in [7, 11) is -3.58. The van der Waals surface area contributed by atoms with Gasteiger partial charge in [0.1, 0.15) is 12.4 Å². The van der Waals surface area contributed by atoms with Gasteiger partial charge in [-0.1, -0.05) is 25.1 Å². The minimum absolute atomic E-state index is 0.163. The van der Waals surface area contributed by atoms with Gasteiger partial charge in [0.2, 0.25) is 10.0 Å². The molecule has 2 aromatic rings. The molecule has 0 radical (unpaired) electrons. The Balaban J connectivity index is 1.58. The van der Waals surface area contributed by atoms with Crippen LogP contribution in [-0.4, -0.2) is 44.9 Å². The lowest BCUT2D eigenvalue weighted by Gasteiger charge is -2.29. The van der Waals surface area contributed by atoms with E-state index in [1.54, 1.807) is 18.2 Å². The summed E-state index contributed by atoms with van der Waals surface area (Å²) in [4.78, 5) is 12.7. The van der Waals surface area contributed by atoms with Gasteiger partial charge in [-0.15, -0.1) is 0 Å². The van der Waals surface area contributed by atoms with Gasteiger partial charge in [0.15, 0.2) is 0 Å². The number of sulfonamides is 1. The van der Waals surface area contributed by atoms with E-state index in [2.05, 4.69) is 12.2 Å². The molecule has 162 valence electrons. The van der Waals surface area contributed by atoms with Crippen LogP contribution in [0, 0.1) is 19.8 Å². The number of amides is 1. The second-order valence-corrected chi connectivity index (χ2v) is 9.85. The van der Waals surface area contributed by atoms with E-state index >= 15 is 0 Å². The first-order chi connectivity index (χ1) is 14.3. The number of carbonyl (C=O) groups is 1. The standard InChI is InChI=1S/C23H30N2O4S/c1-17-10-13-25(14-11-17)30(27,28)21-8-5-7-20(16-21)23(26)24-12-15-29-22-9-4-6-18(2)19(22)3/h4-9,16-17H,10-15H2,1-3H3,(H,24,26). The summed E-state index contributed by atoms with van der Waals surface area (Å²) in [6, 6.07) is 12.1. The molecule has 1 N–H and O–H groups in total. The van der Waals surface area contributed by atoms with Crippen molar-refractivity contribution >= 4 is 15.9 Å². The molecule has 0 atom stereocenters. The van der Waals surface area contributed by atoms with Crippen LogP contribution in [0.2, 0.25) is 0 Å². The molecule has 7 heteroatoms. The van der Waals surface area contributed by atoms with Crippen molar-refractivity contribution in [2.24, 2.45) is 5.92 Å². The average Bonchev–Trinajstić information content (AvgIpc) is 2.74.